The maximum atomic E-state index is 12.2. The zero-order valence-electron chi connectivity index (χ0n) is 15.6. The van der Waals surface area contributed by atoms with Crippen LogP contribution in [0.4, 0.5) is 0 Å². The first-order valence-corrected chi connectivity index (χ1v) is 9.86. The van der Waals surface area contributed by atoms with Crippen LogP contribution in [0.5, 0.6) is 0 Å². The second kappa shape index (κ2) is 10.4. The standard InChI is InChI=1S/C20H21NO6S/c1-3-28(25)17-7-5-4-6-16(17)20(24)27-13-18(22)21-12-14-8-10-15(11-9-14)19(23)26-2/h4-11H,3,12-13H2,1-2H3,(H,21,22)/t28-/m0/s1. The summed E-state index contributed by atoms with van der Waals surface area (Å²) in [6, 6.07) is 13.0. The topological polar surface area (TPSA) is 98.8 Å². The number of nitrogens with one attached hydrogen (secondary N) is 1. The van der Waals surface area contributed by atoms with Gasteiger partial charge in [0.2, 0.25) is 0 Å². The zero-order valence-corrected chi connectivity index (χ0v) is 16.4. The molecule has 28 heavy (non-hydrogen) atoms. The van der Waals surface area contributed by atoms with Crippen molar-refractivity contribution in [3.8, 4) is 0 Å². The van der Waals surface area contributed by atoms with E-state index in [2.05, 4.69) is 10.1 Å². The molecule has 0 aliphatic carbocycles. The summed E-state index contributed by atoms with van der Waals surface area (Å²) in [5.41, 5.74) is 1.37. The normalized spacial score (nSPS) is 11.4. The summed E-state index contributed by atoms with van der Waals surface area (Å²) in [7, 11) is -0.00398. The minimum absolute atomic E-state index is 0.189. The van der Waals surface area contributed by atoms with E-state index in [1.54, 1.807) is 49.4 Å². The SMILES string of the molecule is CC[S@](=O)c1ccccc1C(=O)OCC(=O)NCc1ccc(C(=O)OC)cc1. The Hall–Kier alpha value is -3.00. The van der Waals surface area contributed by atoms with E-state index in [1.165, 1.54) is 13.2 Å². The highest BCUT2D eigenvalue weighted by molar-refractivity contribution is 7.85. The third kappa shape index (κ3) is 5.75. The molecule has 1 atom stereocenters. The molecule has 0 radical (unpaired) electrons. The van der Waals surface area contributed by atoms with E-state index in [-0.39, 0.29) is 12.1 Å². The number of carbonyl (C=O) groups is 3. The highest BCUT2D eigenvalue weighted by atomic mass is 32.2. The fourth-order valence-corrected chi connectivity index (χ4v) is 3.26. The molecule has 2 aromatic rings. The van der Waals surface area contributed by atoms with Gasteiger partial charge in [-0.3, -0.25) is 9.00 Å². The summed E-state index contributed by atoms with van der Waals surface area (Å²) in [6.07, 6.45) is 0. The van der Waals surface area contributed by atoms with Gasteiger partial charge in [-0.25, -0.2) is 9.59 Å². The van der Waals surface area contributed by atoms with Gasteiger partial charge in [0.1, 0.15) is 0 Å². The lowest BCUT2D eigenvalue weighted by Gasteiger charge is -2.09. The van der Waals surface area contributed by atoms with Crippen molar-refractivity contribution in [1.29, 1.82) is 0 Å². The number of esters is 2. The lowest BCUT2D eigenvalue weighted by Crippen LogP contribution is -2.28. The monoisotopic (exact) mass is 403 g/mol. The quantitative estimate of drug-likeness (QED) is 0.678. The fraction of sp³-hybridized carbons (Fsp3) is 0.250. The molecule has 0 aliphatic heterocycles. The number of hydrogen-bond acceptors (Lipinski definition) is 6. The van der Waals surface area contributed by atoms with Gasteiger partial charge in [-0.15, -0.1) is 0 Å². The van der Waals surface area contributed by atoms with Gasteiger partial charge in [-0.1, -0.05) is 31.2 Å². The third-order valence-electron chi connectivity index (χ3n) is 3.81. The highest BCUT2D eigenvalue weighted by Gasteiger charge is 2.17. The van der Waals surface area contributed by atoms with Gasteiger partial charge in [0.05, 0.1) is 33.9 Å². The Balaban J connectivity index is 1.87. The highest BCUT2D eigenvalue weighted by Crippen LogP contribution is 2.15. The van der Waals surface area contributed by atoms with Gasteiger partial charge < -0.3 is 14.8 Å². The molecule has 0 spiro atoms. The van der Waals surface area contributed by atoms with E-state index < -0.39 is 35.3 Å². The smallest absolute Gasteiger partial charge is 0.339 e. The molecule has 2 aromatic carbocycles. The van der Waals surface area contributed by atoms with Crippen LogP contribution in [0.2, 0.25) is 0 Å². The largest absolute Gasteiger partial charge is 0.465 e. The number of benzene rings is 2. The molecule has 0 aliphatic rings. The van der Waals surface area contributed by atoms with Crippen molar-refractivity contribution >= 4 is 28.6 Å². The molecular formula is C20H21NO6S. The van der Waals surface area contributed by atoms with E-state index in [0.29, 0.717) is 16.2 Å². The van der Waals surface area contributed by atoms with Gasteiger partial charge >= 0.3 is 11.9 Å². The maximum absolute atomic E-state index is 12.2. The summed E-state index contributed by atoms with van der Waals surface area (Å²) in [5.74, 6) is -1.24. The Morgan fingerprint density at radius 2 is 1.68 bits per heavy atom. The molecule has 0 saturated heterocycles. The molecule has 2 rings (SSSR count). The van der Waals surface area contributed by atoms with E-state index in [1.807, 2.05) is 0 Å². The Bertz CT molecular complexity index is 879. The molecule has 148 valence electrons. The van der Waals surface area contributed by atoms with Gasteiger partial charge in [0.15, 0.2) is 6.61 Å². The van der Waals surface area contributed by atoms with Crippen molar-refractivity contribution in [1.82, 2.24) is 5.32 Å². The molecule has 1 amide bonds. The Morgan fingerprint density at radius 1 is 1.00 bits per heavy atom. The van der Waals surface area contributed by atoms with Crippen molar-refractivity contribution in [2.75, 3.05) is 19.5 Å². The molecule has 7 nitrogen and oxygen atoms in total. The van der Waals surface area contributed by atoms with Crippen LogP contribution in [0.1, 0.15) is 33.2 Å². The first-order chi connectivity index (χ1) is 13.5. The van der Waals surface area contributed by atoms with Crippen LogP contribution in [-0.4, -0.2) is 41.5 Å². The lowest BCUT2D eigenvalue weighted by atomic mass is 10.1. The average Bonchev–Trinajstić information content (AvgIpc) is 2.75. The summed E-state index contributed by atoms with van der Waals surface area (Å²) in [6.45, 7) is 1.52. The first-order valence-electron chi connectivity index (χ1n) is 8.54. The Kier molecular flexibility index (Phi) is 7.88. The molecule has 0 fully saturated rings. The average molecular weight is 403 g/mol. The minimum Gasteiger partial charge on any atom is -0.465 e. The lowest BCUT2D eigenvalue weighted by molar-refractivity contribution is -0.124. The van der Waals surface area contributed by atoms with Crippen LogP contribution in [0.25, 0.3) is 0 Å². The summed E-state index contributed by atoms with van der Waals surface area (Å²) >= 11 is 0. The first kappa shape index (κ1) is 21.3. The van der Waals surface area contributed by atoms with Gasteiger partial charge in [0.25, 0.3) is 5.91 Å². The molecule has 0 unspecified atom stereocenters. The summed E-state index contributed by atoms with van der Waals surface area (Å²) in [4.78, 5) is 35.9. The van der Waals surface area contributed by atoms with Crippen LogP contribution in [0.3, 0.4) is 0 Å². The number of ether oxygens (including phenoxy) is 2. The van der Waals surface area contributed by atoms with E-state index >= 15 is 0 Å². The number of rotatable bonds is 8. The van der Waals surface area contributed by atoms with Crippen molar-refractivity contribution in [2.45, 2.75) is 18.4 Å². The molecular weight excluding hydrogens is 382 g/mol. The minimum atomic E-state index is -1.31. The third-order valence-corrected chi connectivity index (χ3v) is 5.18. The second-order valence-electron chi connectivity index (χ2n) is 5.67. The van der Waals surface area contributed by atoms with Crippen molar-refractivity contribution < 1.29 is 28.1 Å². The van der Waals surface area contributed by atoms with Gasteiger partial charge in [-0.05, 0) is 29.8 Å². The van der Waals surface area contributed by atoms with Crippen LogP contribution in [-0.2, 0) is 31.6 Å². The molecule has 0 aromatic heterocycles. The maximum Gasteiger partial charge on any atom is 0.339 e. The number of amides is 1. The predicted octanol–water partition coefficient (Wildman–Crippen LogP) is 2.07. The van der Waals surface area contributed by atoms with Gasteiger partial charge in [0, 0.05) is 12.3 Å². The van der Waals surface area contributed by atoms with Gasteiger partial charge in [-0.2, -0.15) is 0 Å². The number of carbonyl (C=O) groups excluding carboxylic acids is 3. The van der Waals surface area contributed by atoms with E-state index in [9.17, 15) is 18.6 Å². The fourth-order valence-electron chi connectivity index (χ4n) is 2.33. The number of methoxy groups -OCH3 is 1. The van der Waals surface area contributed by atoms with Crippen molar-refractivity contribution in [3.63, 3.8) is 0 Å². The summed E-state index contributed by atoms with van der Waals surface area (Å²) < 4.78 is 21.7. The van der Waals surface area contributed by atoms with Crippen LogP contribution < -0.4 is 5.32 Å². The second-order valence-corrected chi connectivity index (χ2v) is 7.38. The molecule has 0 bridgehead atoms. The van der Waals surface area contributed by atoms with Crippen LogP contribution in [0, 0.1) is 0 Å². The number of hydrogen-bond donors (Lipinski definition) is 1. The molecule has 0 saturated carbocycles. The molecule has 0 heterocycles. The summed E-state index contributed by atoms with van der Waals surface area (Å²) in [5, 5.41) is 2.62. The van der Waals surface area contributed by atoms with Crippen LogP contribution in [0.15, 0.2) is 53.4 Å². The van der Waals surface area contributed by atoms with E-state index in [4.69, 9.17) is 4.74 Å². The zero-order chi connectivity index (χ0) is 20.5. The molecule has 1 N–H and O–H groups in total. The molecule has 8 heteroatoms. The van der Waals surface area contributed by atoms with Crippen molar-refractivity contribution in [3.05, 3.63) is 65.2 Å². The van der Waals surface area contributed by atoms with E-state index in [0.717, 1.165) is 5.56 Å². The van der Waals surface area contributed by atoms with Crippen LogP contribution >= 0.6 is 0 Å². The predicted molar refractivity (Wildman–Crippen MR) is 103 cm³/mol. The Labute approximate surface area is 165 Å². The van der Waals surface area contributed by atoms with Crippen molar-refractivity contribution in [2.24, 2.45) is 0 Å². The Morgan fingerprint density at radius 3 is 2.32 bits per heavy atom.